The van der Waals surface area contributed by atoms with Crippen LogP contribution >= 0.6 is 11.6 Å². The molecule has 9 heteroatoms. The van der Waals surface area contributed by atoms with Gasteiger partial charge in [-0.15, -0.1) is 0 Å². The average molecular weight is 497 g/mol. The van der Waals surface area contributed by atoms with Gasteiger partial charge in [-0.3, -0.25) is 20.4 Å². The molecule has 8 nitrogen and oxygen atoms in total. The van der Waals surface area contributed by atoms with Gasteiger partial charge >= 0.3 is 0 Å². The highest BCUT2D eigenvalue weighted by molar-refractivity contribution is 6.30. The lowest BCUT2D eigenvalue weighted by Crippen LogP contribution is -2.40. The quantitative estimate of drug-likeness (QED) is 0.336. The van der Waals surface area contributed by atoms with Crippen LogP contribution in [0, 0.1) is 0 Å². The fourth-order valence-corrected chi connectivity index (χ4v) is 3.18. The van der Waals surface area contributed by atoms with Crippen LogP contribution in [-0.4, -0.2) is 33.1 Å². The first-order valence-electron chi connectivity index (χ1n) is 10.5. The summed E-state index contributed by atoms with van der Waals surface area (Å²) < 4.78 is 21.6. The van der Waals surface area contributed by atoms with E-state index in [0.717, 1.165) is 5.56 Å². The lowest BCUT2D eigenvalue weighted by atomic mass is 10.1. The second-order valence-corrected chi connectivity index (χ2v) is 7.61. The Morgan fingerprint density at radius 3 is 2.06 bits per heavy atom. The van der Waals surface area contributed by atoms with Crippen molar-refractivity contribution in [1.29, 1.82) is 0 Å². The molecule has 0 bridgehead atoms. The summed E-state index contributed by atoms with van der Waals surface area (Å²) in [5.41, 5.74) is 6.64. The van der Waals surface area contributed by atoms with Gasteiger partial charge < -0.3 is 18.9 Å². The van der Waals surface area contributed by atoms with Crippen molar-refractivity contribution in [3.8, 4) is 23.0 Å². The van der Waals surface area contributed by atoms with Crippen LogP contribution in [0.5, 0.6) is 23.0 Å². The molecule has 0 aliphatic carbocycles. The molecule has 35 heavy (non-hydrogen) atoms. The van der Waals surface area contributed by atoms with Gasteiger partial charge in [-0.1, -0.05) is 23.7 Å². The molecule has 0 aliphatic heterocycles. The summed E-state index contributed by atoms with van der Waals surface area (Å²) in [6.45, 7) is 0.339. The number of hydrazine groups is 1. The maximum Gasteiger partial charge on any atom is 0.269 e. The molecular weight excluding hydrogens is 472 g/mol. The Hall–Kier alpha value is -4.17. The molecule has 3 aromatic carbocycles. The summed E-state index contributed by atoms with van der Waals surface area (Å²) in [6, 6.07) is 17.3. The molecule has 3 rings (SSSR count). The number of hydrogen-bond acceptors (Lipinski definition) is 6. The number of carbonyl (C=O) groups is 2. The van der Waals surface area contributed by atoms with Gasteiger partial charge in [0, 0.05) is 16.7 Å². The van der Waals surface area contributed by atoms with Gasteiger partial charge in [-0.05, 0) is 65.7 Å². The number of benzene rings is 3. The summed E-state index contributed by atoms with van der Waals surface area (Å²) in [7, 11) is 4.52. The third-order valence-electron chi connectivity index (χ3n) is 4.85. The van der Waals surface area contributed by atoms with Crippen molar-refractivity contribution in [2.24, 2.45) is 0 Å². The third-order valence-corrected chi connectivity index (χ3v) is 5.10. The van der Waals surface area contributed by atoms with E-state index in [1.807, 2.05) is 0 Å². The van der Waals surface area contributed by atoms with Crippen molar-refractivity contribution in [3.05, 3.63) is 88.5 Å². The minimum Gasteiger partial charge on any atom is -0.493 e. The molecule has 0 saturated carbocycles. The van der Waals surface area contributed by atoms with Gasteiger partial charge in [0.25, 0.3) is 11.8 Å². The van der Waals surface area contributed by atoms with E-state index < -0.39 is 11.8 Å². The van der Waals surface area contributed by atoms with Gasteiger partial charge in [0.2, 0.25) is 5.75 Å². The van der Waals surface area contributed by atoms with Crippen LogP contribution in [-0.2, 0) is 11.4 Å². The SMILES string of the molecule is COc1cc(/C=C/C(=O)NNC(=O)c2ccc(COc3ccc(Cl)cc3)cc2)cc(OC)c1OC. The second kappa shape index (κ2) is 12.3. The lowest BCUT2D eigenvalue weighted by molar-refractivity contribution is -0.117. The molecule has 0 saturated heterocycles. The maximum atomic E-state index is 12.3. The Bertz CT molecular complexity index is 1170. The number of hydrogen-bond donors (Lipinski definition) is 2. The smallest absolute Gasteiger partial charge is 0.269 e. The zero-order chi connectivity index (χ0) is 25.2. The number of carbonyl (C=O) groups excluding carboxylic acids is 2. The molecule has 2 N–H and O–H groups in total. The van der Waals surface area contributed by atoms with Crippen molar-refractivity contribution in [3.63, 3.8) is 0 Å². The molecule has 0 aliphatic rings. The molecule has 0 unspecified atom stereocenters. The average Bonchev–Trinajstić information content (AvgIpc) is 2.89. The lowest BCUT2D eigenvalue weighted by Gasteiger charge is -2.12. The summed E-state index contributed by atoms with van der Waals surface area (Å²) in [6.07, 6.45) is 2.83. The normalized spacial score (nSPS) is 10.5. The molecule has 0 heterocycles. The number of halogens is 1. The second-order valence-electron chi connectivity index (χ2n) is 7.17. The van der Waals surface area contributed by atoms with E-state index in [2.05, 4.69) is 10.9 Å². The molecule has 2 amide bonds. The Balaban J connectivity index is 1.52. The van der Waals surface area contributed by atoms with Gasteiger partial charge in [-0.2, -0.15) is 0 Å². The maximum absolute atomic E-state index is 12.3. The Morgan fingerprint density at radius 2 is 1.49 bits per heavy atom. The number of ether oxygens (including phenoxy) is 4. The number of amides is 2. The molecule has 3 aromatic rings. The topological polar surface area (TPSA) is 95.1 Å². The van der Waals surface area contributed by atoms with E-state index in [1.54, 1.807) is 66.7 Å². The van der Waals surface area contributed by atoms with Gasteiger partial charge in [-0.25, -0.2) is 0 Å². The first-order chi connectivity index (χ1) is 16.9. The number of nitrogens with one attached hydrogen (secondary N) is 2. The Labute approximate surface area is 208 Å². The monoisotopic (exact) mass is 496 g/mol. The first-order valence-corrected chi connectivity index (χ1v) is 10.9. The predicted molar refractivity (Wildman–Crippen MR) is 133 cm³/mol. The van der Waals surface area contributed by atoms with Crippen molar-refractivity contribution >= 4 is 29.5 Å². The van der Waals surface area contributed by atoms with Crippen molar-refractivity contribution in [2.75, 3.05) is 21.3 Å². The minimum absolute atomic E-state index is 0.339. The van der Waals surface area contributed by atoms with E-state index >= 15 is 0 Å². The highest BCUT2D eigenvalue weighted by atomic mass is 35.5. The van der Waals surface area contributed by atoms with Crippen LogP contribution in [0.3, 0.4) is 0 Å². The molecular formula is C26H25ClN2O6. The molecule has 0 aromatic heterocycles. The fraction of sp³-hybridized carbons (Fsp3) is 0.154. The summed E-state index contributed by atoms with van der Waals surface area (Å²) >= 11 is 5.86. The number of rotatable bonds is 9. The molecule has 0 radical (unpaired) electrons. The minimum atomic E-state index is -0.514. The van der Waals surface area contributed by atoms with Crippen molar-refractivity contribution in [1.82, 2.24) is 10.9 Å². The highest BCUT2D eigenvalue weighted by Crippen LogP contribution is 2.38. The van der Waals surface area contributed by atoms with Gasteiger partial charge in [0.1, 0.15) is 12.4 Å². The van der Waals surface area contributed by atoms with E-state index in [-0.39, 0.29) is 0 Å². The third kappa shape index (κ3) is 7.15. The number of methoxy groups -OCH3 is 3. The van der Waals surface area contributed by atoms with Crippen LogP contribution in [0.15, 0.2) is 66.7 Å². The molecule has 182 valence electrons. The molecule has 0 spiro atoms. The van der Waals surface area contributed by atoms with Crippen LogP contribution in [0.25, 0.3) is 6.08 Å². The standard InChI is InChI=1S/C26H25ClN2O6/c1-32-22-14-18(15-23(33-2)25(22)34-3)6-13-24(30)28-29-26(31)19-7-4-17(5-8-19)16-35-21-11-9-20(27)10-12-21/h4-15H,16H2,1-3H3,(H,28,30)(H,29,31)/b13-6+. The molecule has 0 fully saturated rings. The van der Waals surface area contributed by atoms with Crippen molar-refractivity contribution in [2.45, 2.75) is 6.61 Å². The van der Waals surface area contributed by atoms with E-state index in [0.29, 0.717) is 45.8 Å². The van der Waals surface area contributed by atoms with E-state index in [9.17, 15) is 9.59 Å². The van der Waals surface area contributed by atoms with E-state index in [1.165, 1.54) is 27.4 Å². The zero-order valence-corrected chi connectivity index (χ0v) is 20.2. The van der Waals surface area contributed by atoms with E-state index in [4.69, 9.17) is 30.5 Å². The summed E-state index contributed by atoms with van der Waals surface area (Å²) in [4.78, 5) is 24.5. The fourth-order valence-electron chi connectivity index (χ4n) is 3.05. The largest absolute Gasteiger partial charge is 0.493 e. The van der Waals surface area contributed by atoms with Crippen LogP contribution in [0.4, 0.5) is 0 Å². The zero-order valence-electron chi connectivity index (χ0n) is 19.5. The van der Waals surface area contributed by atoms with Gasteiger partial charge in [0.05, 0.1) is 21.3 Å². The van der Waals surface area contributed by atoms with Crippen LogP contribution in [0.1, 0.15) is 21.5 Å². The predicted octanol–water partition coefficient (Wildman–Crippen LogP) is 4.42. The van der Waals surface area contributed by atoms with Gasteiger partial charge in [0.15, 0.2) is 11.5 Å². The summed E-state index contributed by atoms with van der Waals surface area (Å²) in [5.74, 6) is 1.10. The highest BCUT2D eigenvalue weighted by Gasteiger charge is 2.12. The first kappa shape index (κ1) is 25.5. The molecule has 0 atom stereocenters. The van der Waals surface area contributed by atoms with Crippen LogP contribution < -0.4 is 29.8 Å². The Kier molecular flexibility index (Phi) is 8.97. The van der Waals surface area contributed by atoms with Crippen LogP contribution in [0.2, 0.25) is 5.02 Å². The summed E-state index contributed by atoms with van der Waals surface area (Å²) in [5, 5.41) is 0.636. The van der Waals surface area contributed by atoms with Crippen molar-refractivity contribution < 1.29 is 28.5 Å². The Morgan fingerprint density at radius 1 is 0.857 bits per heavy atom.